The average Bonchev–Trinajstić information content (AvgIpc) is 2.34. The molecule has 5 nitrogen and oxygen atoms in total. The first kappa shape index (κ1) is 11.6. The Morgan fingerprint density at radius 3 is 2.17 bits per heavy atom. The van der Waals surface area contributed by atoms with Gasteiger partial charge >= 0.3 is 0 Å². The highest BCUT2D eigenvalue weighted by molar-refractivity contribution is 5.62. The van der Waals surface area contributed by atoms with Crippen LogP contribution >= 0.6 is 0 Å². The second-order valence-corrected chi connectivity index (χ2v) is 3.77. The number of anilines is 3. The molecule has 0 aliphatic carbocycles. The minimum Gasteiger partial charge on any atom is -0.454 e. The summed E-state index contributed by atoms with van der Waals surface area (Å²) in [5.74, 6) is 0.756. The zero-order valence-corrected chi connectivity index (χ0v) is 9.55. The van der Waals surface area contributed by atoms with Crippen LogP contribution in [0.3, 0.4) is 0 Å². The summed E-state index contributed by atoms with van der Waals surface area (Å²) < 4.78 is 5.59. The Bertz CT molecular complexity index is 631. The summed E-state index contributed by atoms with van der Waals surface area (Å²) in [5, 5.41) is 8.98. The van der Waals surface area contributed by atoms with E-state index in [1.807, 2.05) is 6.07 Å². The van der Waals surface area contributed by atoms with Gasteiger partial charge in [0.25, 0.3) is 0 Å². The first-order chi connectivity index (χ1) is 8.60. The van der Waals surface area contributed by atoms with Crippen molar-refractivity contribution in [2.75, 3.05) is 17.2 Å². The lowest BCUT2D eigenvalue weighted by atomic mass is 10.2. The third-order valence-electron chi connectivity index (χ3n) is 2.38. The van der Waals surface area contributed by atoms with Crippen molar-refractivity contribution in [1.82, 2.24) is 0 Å². The first-order valence-electron chi connectivity index (χ1n) is 5.22. The maximum Gasteiger partial charge on any atom is 0.152 e. The standard InChI is InChI=1S/C13H12N4O/c14-7-8-1-2-9(15)5-12(8)18-13-6-10(16)3-4-11(13)17/h1-6H,15-17H2. The van der Waals surface area contributed by atoms with Crippen LogP contribution in [-0.4, -0.2) is 0 Å². The highest BCUT2D eigenvalue weighted by Gasteiger charge is 2.08. The Hall–Kier alpha value is -2.87. The number of nitrogens with two attached hydrogens (primary N) is 3. The maximum atomic E-state index is 8.98. The normalized spacial score (nSPS) is 9.72. The Kier molecular flexibility index (Phi) is 2.94. The SMILES string of the molecule is N#Cc1ccc(N)cc1Oc1cc(N)ccc1N. The van der Waals surface area contributed by atoms with Crippen molar-refractivity contribution in [2.45, 2.75) is 0 Å². The molecule has 0 bridgehead atoms. The molecule has 18 heavy (non-hydrogen) atoms. The predicted octanol–water partition coefficient (Wildman–Crippen LogP) is 2.10. The molecule has 0 aliphatic heterocycles. The van der Waals surface area contributed by atoms with Crippen LogP contribution in [0.15, 0.2) is 36.4 Å². The quantitative estimate of drug-likeness (QED) is 0.696. The van der Waals surface area contributed by atoms with E-state index in [9.17, 15) is 0 Å². The van der Waals surface area contributed by atoms with Crippen LogP contribution in [-0.2, 0) is 0 Å². The molecule has 0 spiro atoms. The molecule has 0 saturated carbocycles. The summed E-state index contributed by atoms with van der Waals surface area (Å²) in [7, 11) is 0. The van der Waals surface area contributed by atoms with E-state index < -0.39 is 0 Å². The summed E-state index contributed by atoms with van der Waals surface area (Å²) in [6, 6.07) is 11.7. The number of hydrogen-bond acceptors (Lipinski definition) is 5. The van der Waals surface area contributed by atoms with Gasteiger partial charge in [-0.2, -0.15) is 5.26 Å². The number of nitrogen functional groups attached to an aromatic ring is 3. The third-order valence-corrected chi connectivity index (χ3v) is 2.38. The van der Waals surface area contributed by atoms with Crippen LogP contribution in [0, 0.1) is 11.3 Å². The van der Waals surface area contributed by atoms with Crippen molar-refractivity contribution in [2.24, 2.45) is 0 Å². The molecule has 0 heterocycles. The van der Waals surface area contributed by atoms with Gasteiger partial charge in [0, 0.05) is 23.5 Å². The van der Waals surface area contributed by atoms with Crippen LogP contribution < -0.4 is 21.9 Å². The Morgan fingerprint density at radius 1 is 0.889 bits per heavy atom. The van der Waals surface area contributed by atoms with Crippen molar-refractivity contribution in [1.29, 1.82) is 5.26 Å². The van der Waals surface area contributed by atoms with Crippen molar-refractivity contribution >= 4 is 17.1 Å². The molecular weight excluding hydrogens is 228 g/mol. The minimum absolute atomic E-state index is 0.356. The van der Waals surface area contributed by atoms with Gasteiger partial charge in [0.1, 0.15) is 11.8 Å². The van der Waals surface area contributed by atoms with Gasteiger partial charge < -0.3 is 21.9 Å². The molecule has 90 valence electrons. The molecule has 6 N–H and O–H groups in total. The van der Waals surface area contributed by atoms with Crippen molar-refractivity contribution in [3.05, 3.63) is 42.0 Å². The lowest BCUT2D eigenvalue weighted by Crippen LogP contribution is -1.96. The molecule has 0 saturated heterocycles. The summed E-state index contributed by atoms with van der Waals surface area (Å²) in [4.78, 5) is 0. The third kappa shape index (κ3) is 2.28. The molecule has 2 rings (SSSR count). The number of ether oxygens (including phenoxy) is 1. The Balaban J connectivity index is 2.43. The topological polar surface area (TPSA) is 111 Å². The average molecular weight is 240 g/mol. The summed E-state index contributed by atoms with van der Waals surface area (Å²) >= 11 is 0. The highest BCUT2D eigenvalue weighted by atomic mass is 16.5. The lowest BCUT2D eigenvalue weighted by Gasteiger charge is -2.10. The summed E-state index contributed by atoms with van der Waals surface area (Å²) in [5.41, 5.74) is 18.9. The molecule has 2 aromatic rings. The van der Waals surface area contributed by atoms with E-state index >= 15 is 0 Å². The monoisotopic (exact) mass is 240 g/mol. The van der Waals surface area contributed by atoms with Gasteiger partial charge in [-0.1, -0.05) is 0 Å². The van der Waals surface area contributed by atoms with E-state index in [-0.39, 0.29) is 0 Å². The molecule has 0 unspecified atom stereocenters. The van der Waals surface area contributed by atoms with E-state index in [1.54, 1.807) is 36.4 Å². The van der Waals surface area contributed by atoms with Crippen LogP contribution in [0.2, 0.25) is 0 Å². The fourth-order valence-electron chi connectivity index (χ4n) is 1.47. The van der Waals surface area contributed by atoms with Crippen molar-refractivity contribution < 1.29 is 4.74 Å². The van der Waals surface area contributed by atoms with Crippen molar-refractivity contribution in [3.8, 4) is 17.6 Å². The van der Waals surface area contributed by atoms with Crippen LogP contribution in [0.5, 0.6) is 11.5 Å². The zero-order valence-electron chi connectivity index (χ0n) is 9.55. The predicted molar refractivity (Wildman–Crippen MR) is 70.9 cm³/mol. The number of benzene rings is 2. The molecule has 5 heteroatoms. The van der Waals surface area contributed by atoms with E-state index in [2.05, 4.69) is 0 Å². The molecule has 2 aromatic carbocycles. The zero-order chi connectivity index (χ0) is 13.1. The number of nitrogens with zero attached hydrogens (tertiary/aromatic N) is 1. The van der Waals surface area contributed by atoms with E-state index in [4.69, 9.17) is 27.2 Å². The molecule has 0 atom stereocenters. The van der Waals surface area contributed by atoms with Gasteiger partial charge in [-0.25, -0.2) is 0 Å². The highest BCUT2D eigenvalue weighted by Crippen LogP contribution is 2.32. The number of nitriles is 1. The summed E-state index contributed by atoms with van der Waals surface area (Å²) in [6.07, 6.45) is 0. The molecule has 0 fully saturated rings. The van der Waals surface area contributed by atoms with Gasteiger partial charge in [-0.15, -0.1) is 0 Å². The molecule has 0 amide bonds. The molecule has 0 radical (unpaired) electrons. The Morgan fingerprint density at radius 2 is 1.50 bits per heavy atom. The largest absolute Gasteiger partial charge is 0.454 e. The number of hydrogen-bond donors (Lipinski definition) is 3. The fraction of sp³-hybridized carbons (Fsp3) is 0. The van der Waals surface area contributed by atoms with Gasteiger partial charge in [-0.05, 0) is 24.3 Å². The Labute approximate surface area is 104 Å². The smallest absolute Gasteiger partial charge is 0.152 e. The van der Waals surface area contributed by atoms with E-state index in [0.717, 1.165) is 0 Å². The second-order valence-electron chi connectivity index (χ2n) is 3.77. The summed E-state index contributed by atoms with van der Waals surface area (Å²) in [6.45, 7) is 0. The molecule has 0 aromatic heterocycles. The lowest BCUT2D eigenvalue weighted by molar-refractivity contribution is 0.484. The fourth-order valence-corrected chi connectivity index (χ4v) is 1.47. The minimum atomic E-state index is 0.356. The van der Waals surface area contributed by atoms with Gasteiger partial charge in [-0.3, -0.25) is 0 Å². The maximum absolute atomic E-state index is 8.98. The number of rotatable bonds is 2. The van der Waals surface area contributed by atoms with Gasteiger partial charge in [0.2, 0.25) is 0 Å². The van der Waals surface area contributed by atoms with Crippen LogP contribution in [0.1, 0.15) is 5.56 Å². The second kappa shape index (κ2) is 4.55. The van der Waals surface area contributed by atoms with Crippen molar-refractivity contribution in [3.63, 3.8) is 0 Å². The van der Waals surface area contributed by atoms with Crippen LogP contribution in [0.25, 0.3) is 0 Å². The first-order valence-corrected chi connectivity index (χ1v) is 5.22. The van der Waals surface area contributed by atoms with Crippen LogP contribution in [0.4, 0.5) is 17.1 Å². The molecule has 0 aliphatic rings. The molecular formula is C13H12N4O. The van der Waals surface area contributed by atoms with E-state index in [0.29, 0.717) is 34.1 Å². The van der Waals surface area contributed by atoms with Gasteiger partial charge in [0.05, 0.1) is 11.3 Å². The van der Waals surface area contributed by atoms with E-state index in [1.165, 1.54) is 0 Å². The van der Waals surface area contributed by atoms with Gasteiger partial charge in [0.15, 0.2) is 5.75 Å².